The first-order valence-electron chi connectivity index (χ1n) is 12.8. The minimum atomic E-state index is -4.50. The summed E-state index contributed by atoms with van der Waals surface area (Å²) in [7, 11) is 7.59. The maximum atomic E-state index is 13.4. The van der Waals surface area contributed by atoms with Crippen molar-refractivity contribution in [2.24, 2.45) is 0 Å². The van der Waals surface area contributed by atoms with Crippen molar-refractivity contribution >= 4 is 33.8 Å². The van der Waals surface area contributed by atoms with Gasteiger partial charge in [0.05, 0.1) is 36.1 Å². The van der Waals surface area contributed by atoms with E-state index in [-0.39, 0.29) is 5.69 Å². The van der Waals surface area contributed by atoms with Crippen LogP contribution in [-0.4, -0.2) is 54.6 Å². The summed E-state index contributed by atoms with van der Waals surface area (Å²) in [5.41, 5.74) is 8.91. The number of aromatic nitrogens is 3. The number of nitrogens with one attached hydrogen (secondary N) is 1. The molecule has 0 spiro atoms. The van der Waals surface area contributed by atoms with Gasteiger partial charge >= 0.3 is 6.18 Å². The van der Waals surface area contributed by atoms with Crippen molar-refractivity contribution in [2.75, 3.05) is 50.7 Å². The number of methoxy groups -OCH3 is 1. The molecule has 0 saturated heterocycles. The molecule has 2 heterocycles. The quantitative estimate of drug-likeness (QED) is 0.244. The van der Waals surface area contributed by atoms with E-state index in [2.05, 4.69) is 31.2 Å². The third-order valence-electron chi connectivity index (χ3n) is 6.66. The monoisotopic (exact) mass is 553 g/mol. The number of anilines is 4. The fourth-order valence-electron chi connectivity index (χ4n) is 4.45. The van der Waals surface area contributed by atoms with Crippen LogP contribution in [0.25, 0.3) is 10.9 Å². The third-order valence-corrected chi connectivity index (χ3v) is 6.66. The first-order valence-corrected chi connectivity index (χ1v) is 12.8. The van der Waals surface area contributed by atoms with Crippen molar-refractivity contribution in [1.82, 2.24) is 19.9 Å². The van der Waals surface area contributed by atoms with E-state index in [0.29, 0.717) is 28.6 Å². The zero-order chi connectivity index (χ0) is 29.2. The number of fused-ring (bicyclic) bond motifs is 1. The molecule has 4 aromatic rings. The van der Waals surface area contributed by atoms with E-state index in [4.69, 9.17) is 10.5 Å². The summed E-state index contributed by atoms with van der Waals surface area (Å²) < 4.78 is 45.6. The Balaban J connectivity index is 1.69. The van der Waals surface area contributed by atoms with Crippen LogP contribution in [0.2, 0.25) is 0 Å². The molecule has 0 bridgehead atoms. The van der Waals surface area contributed by atoms with Gasteiger partial charge in [0.1, 0.15) is 11.6 Å². The van der Waals surface area contributed by atoms with Crippen LogP contribution in [0, 0.1) is 6.92 Å². The molecule has 0 radical (unpaired) electrons. The molecule has 0 fully saturated rings. The summed E-state index contributed by atoms with van der Waals surface area (Å²) in [5.74, 6) is 1.65. The second kappa shape index (κ2) is 11.5. The molecule has 40 heavy (non-hydrogen) atoms. The van der Waals surface area contributed by atoms with E-state index < -0.39 is 17.8 Å². The van der Waals surface area contributed by atoms with E-state index in [1.807, 2.05) is 44.2 Å². The van der Waals surface area contributed by atoms with Gasteiger partial charge in [-0.25, -0.2) is 15.0 Å². The molecule has 0 unspecified atom stereocenters. The van der Waals surface area contributed by atoms with Gasteiger partial charge in [-0.2, -0.15) is 13.2 Å². The number of hydrogen-bond donors (Lipinski definition) is 2. The van der Waals surface area contributed by atoms with Gasteiger partial charge in [-0.3, -0.25) is 0 Å². The number of nitrogens with zero attached hydrogens (tertiary/aromatic N) is 5. The number of halogens is 3. The molecule has 2 aromatic heterocycles. The fraction of sp³-hybridized carbons (Fsp3) is 0.345. The molecule has 4 rings (SSSR count). The van der Waals surface area contributed by atoms with E-state index in [1.165, 1.54) is 6.07 Å². The van der Waals surface area contributed by atoms with Crippen LogP contribution in [0.4, 0.5) is 36.1 Å². The molecular weight excluding hydrogens is 519 g/mol. The second-order valence-corrected chi connectivity index (χ2v) is 10.0. The number of benzene rings is 2. The second-order valence-electron chi connectivity index (χ2n) is 10.0. The molecular formula is C29H34F3N7O. The molecule has 1 atom stereocenters. The van der Waals surface area contributed by atoms with Crippen LogP contribution in [0.5, 0.6) is 5.88 Å². The van der Waals surface area contributed by atoms with Crippen molar-refractivity contribution in [2.45, 2.75) is 32.5 Å². The Morgan fingerprint density at radius 2 is 1.77 bits per heavy atom. The number of nitrogens with two attached hydrogens (primary N) is 1. The first-order chi connectivity index (χ1) is 18.8. The number of rotatable bonds is 9. The maximum absolute atomic E-state index is 13.4. The molecule has 0 amide bonds. The van der Waals surface area contributed by atoms with Crippen molar-refractivity contribution in [1.29, 1.82) is 0 Å². The Kier molecular flexibility index (Phi) is 8.34. The highest BCUT2D eigenvalue weighted by Crippen LogP contribution is 2.35. The molecule has 0 aliphatic carbocycles. The lowest BCUT2D eigenvalue weighted by molar-refractivity contribution is -0.137. The predicted molar refractivity (Wildman–Crippen MR) is 153 cm³/mol. The van der Waals surface area contributed by atoms with Gasteiger partial charge in [0.2, 0.25) is 5.88 Å². The molecule has 0 aliphatic rings. The maximum Gasteiger partial charge on any atom is 0.416 e. The summed E-state index contributed by atoms with van der Waals surface area (Å²) in [6.07, 6.45) is -1.96. The van der Waals surface area contributed by atoms with Crippen molar-refractivity contribution in [3.63, 3.8) is 0 Å². The number of ether oxygens (including phenoxy) is 1. The number of likely N-dealkylation sites (N-methyl/N-ethyl adjacent to an activating group) is 1. The molecule has 11 heteroatoms. The summed E-state index contributed by atoms with van der Waals surface area (Å²) in [6.45, 7) is 4.39. The zero-order valence-corrected chi connectivity index (χ0v) is 23.5. The van der Waals surface area contributed by atoms with Crippen LogP contribution in [0.1, 0.15) is 35.5 Å². The normalized spacial score (nSPS) is 12.6. The van der Waals surface area contributed by atoms with Gasteiger partial charge in [-0.15, -0.1) is 0 Å². The molecule has 8 nitrogen and oxygen atoms in total. The molecule has 0 aliphatic heterocycles. The Labute approximate surface area is 232 Å². The van der Waals surface area contributed by atoms with E-state index >= 15 is 0 Å². The fourth-order valence-corrected chi connectivity index (χ4v) is 4.45. The average Bonchev–Trinajstić information content (AvgIpc) is 2.90. The SMILES string of the molecule is COc1ncc(N(C)c2ccc3nc(C)nc(N[C@H](C)c4cc(N)cc(C(F)(F)F)c4)c3c2)cc1CCN(C)C. The number of hydrogen-bond acceptors (Lipinski definition) is 8. The largest absolute Gasteiger partial charge is 0.481 e. The number of nitrogen functional groups attached to an aromatic ring is 1. The topological polar surface area (TPSA) is 92.4 Å². The lowest BCUT2D eigenvalue weighted by atomic mass is 10.0. The van der Waals surface area contributed by atoms with Gasteiger partial charge in [-0.05, 0) is 82.4 Å². The van der Waals surface area contributed by atoms with E-state index in [1.54, 1.807) is 27.2 Å². The van der Waals surface area contributed by atoms with E-state index in [9.17, 15) is 13.2 Å². The minimum Gasteiger partial charge on any atom is -0.481 e. The van der Waals surface area contributed by atoms with Gasteiger partial charge < -0.3 is 25.6 Å². The molecule has 2 aromatic carbocycles. The van der Waals surface area contributed by atoms with Crippen molar-refractivity contribution in [3.05, 3.63) is 71.2 Å². The number of alkyl halides is 3. The highest BCUT2D eigenvalue weighted by molar-refractivity contribution is 5.92. The average molecular weight is 554 g/mol. The van der Waals surface area contributed by atoms with Crippen LogP contribution < -0.4 is 20.7 Å². The van der Waals surface area contributed by atoms with Crippen LogP contribution in [0.15, 0.2) is 48.7 Å². The Hall–Kier alpha value is -4.12. The first kappa shape index (κ1) is 28.9. The highest BCUT2D eigenvalue weighted by Gasteiger charge is 2.31. The minimum absolute atomic E-state index is 0.0455. The zero-order valence-electron chi connectivity index (χ0n) is 23.5. The summed E-state index contributed by atoms with van der Waals surface area (Å²) in [6, 6.07) is 10.9. The predicted octanol–water partition coefficient (Wildman–Crippen LogP) is 5.99. The van der Waals surface area contributed by atoms with Gasteiger partial charge in [0.25, 0.3) is 0 Å². The summed E-state index contributed by atoms with van der Waals surface area (Å²) in [4.78, 5) is 17.8. The van der Waals surface area contributed by atoms with Crippen LogP contribution in [0.3, 0.4) is 0 Å². The smallest absolute Gasteiger partial charge is 0.416 e. The number of aryl methyl sites for hydroxylation is 1. The molecule has 0 saturated carbocycles. The Bertz CT molecular complexity index is 1510. The van der Waals surface area contributed by atoms with Crippen molar-refractivity contribution < 1.29 is 17.9 Å². The van der Waals surface area contributed by atoms with Crippen LogP contribution >= 0.6 is 0 Å². The number of pyridine rings is 1. The lowest BCUT2D eigenvalue weighted by Gasteiger charge is -2.22. The standard InChI is InChI=1S/C29H34F3N7O/c1-17(20-11-21(29(30,31)32)14-22(33)12-20)35-27-25-15-23(7-8-26(25)36-18(2)37-27)39(5)24-13-19(9-10-38(3)4)28(40-6)34-16-24/h7-8,11-17H,9-10,33H2,1-6H3,(H,35,36,37)/t17-/m1/s1. The van der Waals surface area contributed by atoms with Crippen LogP contribution in [-0.2, 0) is 12.6 Å². The Morgan fingerprint density at radius 3 is 2.45 bits per heavy atom. The van der Waals surface area contributed by atoms with Gasteiger partial charge in [0, 0.05) is 35.9 Å². The van der Waals surface area contributed by atoms with Gasteiger partial charge in [-0.1, -0.05) is 0 Å². The van der Waals surface area contributed by atoms with Crippen molar-refractivity contribution in [3.8, 4) is 5.88 Å². The highest BCUT2D eigenvalue weighted by atomic mass is 19.4. The lowest BCUT2D eigenvalue weighted by Crippen LogP contribution is -2.16. The third kappa shape index (κ3) is 6.53. The van der Waals surface area contributed by atoms with E-state index in [0.717, 1.165) is 47.4 Å². The summed E-state index contributed by atoms with van der Waals surface area (Å²) >= 11 is 0. The molecule has 212 valence electrons. The Morgan fingerprint density at radius 1 is 1.02 bits per heavy atom. The van der Waals surface area contributed by atoms with Gasteiger partial charge in [0.15, 0.2) is 0 Å². The molecule has 3 N–H and O–H groups in total. The summed E-state index contributed by atoms with van der Waals surface area (Å²) in [5, 5.41) is 4.01.